The van der Waals surface area contributed by atoms with Crippen molar-refractivity contribution in [2.24, 2.45) is 0 Å². The molecule has 1 N–H and O–H groups in total. The molecule has 0 aliphatic rings. The fourth-order valence-corrected chi connectivity index (χ4v) is 4.07. The second-order valence-electron chi connectivity index (χ2n) is 8.08. The summed E-state index contributed by atoms with van der Waals surface area (Å²) in [5.41, 5.74) is 3.06. The van der Waals surface area contributed by atoms with E-state index in [-0.39, 0.29) is 5.69 Å². The quantitative estimate of drug-likeness (QED) is 0.345. The van der Waals surface area contributed by atoms with E-state index < -0.39 is 20.9 Å². The van der Waals surface area contributed by atoms with E-state index in [1.165, 1.54) is 6.20 Å². The van der Waals surface area contributed by atoms with Gasteiger partial charge in [-0.15, -0.1) is 0 Å². The van der Waals surface area contributed by atoms with Gasteiger partial charge in [0.25, 0.3) is 5.91 Å². The minimum Gasteiger partial charge on any atom is -0.467 e. The first-order valence-electron chi connectivity index (χ1n) is 11.1. The zero-order valence-electron chi connectivity index (χ0n) is 19.5. The molecule has 0 saturated carbocycles. The van der Waals surface area contributed by atoms with Gasteiger partial charge in [-0.2, -0.15) is 0 Å². The maximum atomic E-state index is 13.4. The number of sulfone groups is 1. The first kappa shape index (κ1) is 24.2. The van der Waals surface area contributed by atoms with Crippen LogP contribution in [0.4, 0.5) is 11.4 Å². The number of benzene rings is 2. The number of rotatable bonds is 9. The number of aromatic nitrogens is 2. The van der Waals surface area contributed by atoms with E-state index in [0.29, 0.717) is 30.2 Å². The highest BCUT2D eigenvalue weighted by molar-refractivity contribution is 7.90. The smallest absolute Gasteiger partial charge is 0.276 e. The molecule has 2 aromatic carbocycles. The highest BCUT2D eigenvalue weighted by Gasteiger charge is 2.24. The van der Waals surface area contributed by atoms with Gasteiger partial charge in [-0.05, 0) is 41.8 Å². The number of anilines is 2. The normalized spacial score (nSPS) is 11.3. The van der Waals surface area contributed by atoms with Crippen LogP contribution in [0.3, 0.4) is 0 Å². The van der Waals surface area contributed by atoms with Crippen molar-refractivity contribution in [3.8, 4) is 0 Å². The van der Waals surface area contributed by atoms with Crippen LogP contribution < -0.4 is 10.2 Å². The molecule has 4 aromatic rings. The van der Waals surface area contributed by atoms with Gasteiger partial charge in [0.2, 0.25) is 15.0 Å². The summed E-state index contributed by atoms with van der Waals surface area (Å²) in [6, 6.07) is 20.8. The van der Waals surface area contributed by atoms with E-state index in [4.69, 9.17) is 4.42 Å². The molecule has 0 atom stereocenters. The van der Waals surface area contributed by atoms with Gasteiger partial charge in [0.05, 0.1) is 24.7 Å². The van der Waals surface area contributed by atoms with Crippen molar-refractivity contribution in [1.29, 1.82) is 0 Å². The Morgan fingerprint density at radius 3 is 2.34 bits per heavy atom. The predicted molar refractivity (Wildman–Crippen MR) is 134 cm³/mol. The number of aryl methyl sites for hydroxylation is 1. The first-order chi connectivity index (χ1) is 16.8. The standard InChI is InChI=1S/C26H26N4O4S/c1-3-19-11-13-21(14-12-19)28-25(31)24-23(16-27-26(29-24)35(2,32)33)30(18-22-10-7-15-34-22)17-20-8-5-4-6-9-20/h4-16H,3,17-18H2,1-2H3,(H,28,31). The second-order valence-corrected chi connectivity index (χ2v) is 9.99. The largest absolute Gasteiger partial charge is 0.467 e. The van der Waals surface area contributed by atoms with Crippen LogP contribution in [0.1, 0.15) is 34.3 Å². The van der Waals surface area contributed by atoms with Crippen LogP contribution >= 0.6 is 0 Å². The number of nitrogens with zero attached hydrogens (tertiary/aromatic N) is 3. The summed E-state index contributed by atoms with van der Waals surface area (Å²) in [5.74, 6) is 0.142. The minimum atomic E-state index is -3.73. The van der Waals surface area contributed by atoms with Gasteiger partial charge in [0.1, 0.15) is 5.76 Å². The lowest BCUT2D eigenvalue weighted by molar-refractivity contribution is 0.102. The van der Waals surface area contributed by atoms with Gasteiger partial charge in [-0.3, -0.25) is 4.79 Å². The van der Waals surface area contributed by atoms with E-state index in [0.717, 1.165) is 23.8 Å². The van der Waals surface area contributed by atoms with Gasteiger partial charge in [-0.1, -0.05) is 49.4 Å². The van der Waals surface area contributed by atoms with Crippen molar-refractivity contribution in [2.45, 2.75) is 31.6 Å². The maximum absolute atomic E-state index is 13.4. The predicted octanol–water partition coefficient (Wildman–Crippen LogP) is 4.49. The molecule has 0 fully saturated rings. The zero-order valence-corrected chi connectivity index (χ0v) is 20.3. The summed E-state index contributed by atoms with van der Waals surface area (Å²) in [6.07, 6.45) is 4.85. The van der Waals surface area contributed by atoms with Crippen LogP contribution in [0.2, 0.25) is 0 Å². The number of furan rings is 1. The van der Waals surface area contributed by atoms with E-state index in [2.05, 4.69) is 15.3 Å². The lowest BCUT2D eigenvalue weighted by Crippen LogP contribution is -2.27. The monoisotopic (exact) mass is 490 g/mol. The first-order valence-corrected chi connectivity index (χ1v) is 13.0. The van der Waals surface area contributed by atoms with E-state index in [1.807, 2.05) is 60.4 Å². The summed E-state index contributed by atoms with van der Waals surface area (Å²) >= 11 is 0. The molecule has 0 bridgehead atoms. The molecular formula is C26H26N4O4S. The average molecular weight is 491 g/mol. The second kappa shape index (κ2) is 10.5. The van der Waals surface area contributed by atoms with E-state index in [9.17, 15) is 13.2 Å². The van der Waals surface area contributed by atoms with Crippen molar-refractivity contribution in [1.82, 2.24) is 9.97 Å². The molecule has 0 spiro atoms. The summed E-state index contributed by atoms with van der Waals surface area (Å²) in [4.78, 5) is 23.5. The molecule has 2 heterocycles. The molecule has 8 nitrogen and oxygen atoms in total. The summed E-state index contributed by atoms with van der Waals surface area (Å²) < 4.78 is 29.9. The molecule has 35 heavy (non-hydrogen) atoms. The van der Waals surface area contributed by atoms with Crippen molar-refractivity contribution in [2.75, 3.05) is 16.5 Å². The molecule has 9 heteroatoms. The maximum Gasteiger partial charge on any atom is 0.276 e. The van der Waals surface area contributed by atoms with Gasteiger partial charge in [0, 0.05) is 18.5 Å². The molecule has 1 amide bonds. The number of amides is 1. The number of hydrogen-bond donors (Lipinski definition) is 1. The van der Waals surface area contributed by atoms with E-state index >= 15 is 0 Å². The molecule has 0 unspecified atom stereocenters. The van der Waals surface area contributed by atoms with Crippen LogP contribution in [0, 0.1) is 0 Å². The Labute approximate surface area is 204 Å². The third-order valence-electron chi connectivity index (χ3n) is 5.40. The van der Waals surface area contributed by atoms with Gasteiger partial charge >= 0.3 is 0 Å². The van der Waals surface area contributed by atoms with Crippen LogP contribution in [-0.2, 0) is 29.3 Å². The summed E-state index contributed by atoms with van der Waals surface area (Å²) in [5, 5.41) is 2.42. The third-order valence-corrected chi connectivity index (χ3v) is 6.26. The molecule has 0 aliphatic carbocycles. The highest BCUT2D eigenvalue weighted by Crippen LogP contribution is 2.25. The Bertz CT molecular complexity index is 1390. The fourth-order valence-electron chi connectivity index (χ4n) is 3.57. The van der Waals surface area contributed by atoms with Crippen molar-refractivity contribution >= 4 is 27.1 Å². The van der Waals surface area contributed by atoms with Crippen LogP contribution in [0.25, 0.3) is 0 Å². The molecule has 0 aliphatic heterocycles. The number of carbonyl (C=O) groups is 1. The van der Waals surface area contributed by atoms with Crippen LogP contribution in [0.5, 0.6) is 0 Å². The van der Waals surface area contributed by atoms with E-state index in [1.54, 1.807) is 24.5 Å². The van der Waals surface area contributed by atoms with Crippen LogP contribution in [0.15, 0.2) is 88.8 Å². The van der Waals surface area contributed by atoms with Gasteiger partial charge in [-0.25, -0.2) is 18.4 Å². The Morgan fingerprint density at radius 2 is 1.71 bits per heavy atom. The van der Waals surface area contributed by atoms with Crippen molar-refractivity contribution in [3.05, 3.63) is 102 Å². The molecule has 0 saturated heterocycles. The summed E-state index contributed by atoms with van der Waals surface area (Å²) in [6.45, 7) is 2.80. The summed E-state index contributed by atoms with van der Waals surface area (Å²) in [7, 11) is -3.73. The molecule has 2 aromatic heterocycles. The average Bonchev–Trinajstić information content (AvgIpc) is 3.37. The lowest BCUT2D eigenvalue weighted by Gasteiger charge is -2.25. The topological polar surface area (TPSA) is 105 Å². The Balaban J connectivity index is 1.75. The SMILES string of the molecule is CCc1ccc(NC(=O)c2nc(S(C)(=O)=O)ncc2N(Cc2ccccc2)Cc2ccco2)cc1. The Kier molecular flexibility index (Phi) is 7.26. The molecule has 180 valence electrons. The fraction of sp³-hybridized carbons (Fsp3) is 0.192. The van der Waals surface area contributed by atoms with Crippen molar-refractivity contribution < 1.29 is 17.6 Å². The number of nitrogens with one attached hydrogen (secondary N) is 1. The zero-order chi connectivity index (χ0) is 24.8. The van der Waals surface area contributed by atoms with Gasteiger partial charge in [0.15, 0.2) is 5.69 Å². The Morgan fingerprint density at radius 1 is 0.971 bits per heavy atom. The number of hydrogen-bond acceptors (Lipinski definition) is 7. The minimum absolute atomic E-state index is 0.0394. The molecule has 0 radical (unpaired) electrons. The third kappa shape index (κ3) is 6.13. The molecule has 4 rings (SSSR count). The van der Waals surface area contributed by atoms with Gasteiger partial charge < -0.3 is 14.6 Å². The lowest BCUT2D eigenvalue weighted by atomic mass is 10.1. The highest BCUT2D eigenvalue weighted by atomic mass is 32.2. The number of carbonyl (C=O) groups excluding carboxylic acids is 1. The Hall–Kier alpha value is -3.98. The molecular weight excluding hydrogens is 464 g/mol. The van der Waals surface area contributed by atoms with Crippen molar-refractivity contribution in [3.63, 3.8) is 0 Å². The van der Waals surface area contributed by atoms with Crippen LogP contribution in [-0.4, -0.2) is 30.5 Å².